The van der Waals surface area contributed by atoms with Crippen molar-refractivity contribution in [3.05, 3.63) is 35.4 Å². The number of carbonyl (C=O) groups excluding carboxylic acids is 1. The van der Waals surface area contributed by atoms with E-state index in [0.717, 1.165) is 29.4 Å². The Kier molecular flexibility index (Phi) is 6.74. The van der Waals surface area contributed by atoms with E-state index in [-0.39, 0.29) is 12.0 Å². The number of nitrogens with zero attached hydrogens (tertiary/aromatic N) is 2. The lowest BCUT2D eigenvalue weighted by molar-refractivity contribution is 0.0557. The maximum absolute atomic E-state index is 13.0. The molecule has 0 radical (unpaired) electrons. The van der Waals surface area contributed by atoms with Crippen LogP contribution in [-0.4, -0.2) is 55.4 Å². The maximum Gasteiger partial charge on any atom is 0.256 e. The van der Waals surface area contributed by atoms with Crippen molar-refractivity contribution in [2.24, 2.45) is 5.73 Å². The van der Waals surface area contributed by atoms with Gasteiger partial charge in [-0.15, -0.1) is 0 Å². The van der Waals surface area contributed by atoms with Crippen LogP contribution in [0.1, 0.15) is 54.9 Å². The molecule has 7 heteroatoms. The maximum atomic E-state index is 13.0. The SMILES string of the molecule is COC1CN(c2nc3ccc(C)cc3cc2C(=O)NC(C)N)CCC1NC1CCCC1. The van der Waals surface area contributed by atoms with Crippen molar-refractivity contribution in [2.45, 2.75) is 70.3 Å². The summed E-state index contributed by atoms with van der Waals surface area (Å²) in [6.45, 7) is 5.33. The minimum Gasteiger partial charge on any atom is -0.378 e. The Balaban J connectivity index is 1.62. The number of amides is 1. The third kappa shape index (κ3) is 5.00. The summed E-state index contributed by atoms with van der Waals surface area (Å²) < 4.78 is 5.88. The lowest BCUT2D eigenvalue weighted by atomic mass is 9.99. The number of benzene rings is 1. The number of nitrogens with two attached hydrogens (primary N) is 1. The van der Waals surface area contributed by atoms with Gasteiger partial charge in [0.1, 0.15) is 5.82 Å². The van der Waals surface area contributed by atoms with Gasteiger partial charge >= 0.3 is 0 Å². The molecule has 0 spiro atoms. The number of piperidine rings is 1. The van der Waals surface area contributed by atoms with E-state index in [1.165, 1.54) is 25.7 Å². The first-order valence-electron chi connectivity index (χ1n) is 11.5. The zero-order valence-corrected chi connectivity index (χ0v) is 18.9. The van der Waals surface area contributed by atoms with Gasteiger partial charge in [0.25, 0.3) is 5.91 Å². The summed E-state index contributed by atoms with van der Waals surface area (Å²) in [5, 5.41) is 7.61. The van der Waals surface area contributed by atoms with Crippen LogP contribution in [0.25, 0.3) is 10.9 Å². The molecule has 3 unspecified atom stereocenters. The fourth-order valence-corrected chi connectivity index (χ4v) is 4.91. The molecule has 4 N–H and O–H groups in total. The molecule has 1 aliphatic carbocycles. The second-order valence-electron chi connectivity index (χ2n) is 9.08. The van der Waals surface area contributed by atoms with Gasteiger partial charge in [-0.25, -0.2) is 4.98 Å². The van der Waals surface area contributed by atoms with Gasteiger partial charge in [-0.2, -0.15) is 0 Å². The first kappa shape index (κ1) is 22.0. The van der Waals surface area contributed by atoms with E-state index in [0.29, 0.717) is 30.0 Å². The molecule has 2 aliphatic rings. The Morgan fingerprint density at radius 3 is 2.74 bits per heavy atom. The molecule has 1 amide bonds. The largest absolute Gasteiger partial charge is 0.378 e. The summed E-state index contributed by atoms with van der Waals surface area (Å²) in [7, 11) is 1.78. The van der Waals surface area contributed by atoms with Gasteiger partial charge in [0.05, 0.1) is 23.3 Å². The third-order valence-electron chi connectivity index (χ3n) is 6.52. The first-order chi connectivity index (χ1) is 14.9. The van der Waals surface area contributed by atoms with Crippen molar-refractivity contribution in [3.63, 3.8) is 0 Å². The van der Waals surface area contributed by atoms with Crippen molar-refractivity contribution < 1.29 is 9.53 Å². The molecule has 2 heterocycles. The number of carbonyl (C=O) groups is 1. The fourth-order valence-electron chi connectivity index (χ4n) is 4.91. The minimum absolute atomic E-state index is 0.0502. The molecule has 31 heavy (non-hydrogen) atoms. The molecule has 1 aliphatic heterocycles. The van der Waals surface area contributed by atoms with Crippen LogP contribution >= 0.6 is 0 Å². The van der Waals surface area contributed by atoms with Crippen LogP contribution in [0.4, 0.5) is 5.82 Å². The molecular weight excluding hydrogens is 390 g/mol. The second kappa shape index (κ2) is 9.51. The molecule has 1 saturated carbocycles. The summed E-state index contributed by atoms with van der Waals surface area (Å²) in [5.74, 6) is 0.511. The number of hydrogen-bond donors (Lipinski definition) is 3. The van der Waals surface area contributed by atoms with Crippen molar-refractivity contribution in [1.29, 1.82) is 0 Å². The highest BCUT2D eigenvalue weighted by atomic mass is 16.5. The minimum atomic E-state index is -0.429. The van der Waals surface area contributed by atoms with Crippen LogP contribution in [0.3, 0.4) is 0 Å². The van der Waals surface area contributed by atoms with E-state index >= 15 is 0 Å². The molecule has 1 saturated heterocycles. The summed E-state index contributed by atoms with van der Waals surface area (Å²) in [5.41, 5.74) is 8.43. The van der Waals surface area contributed by atoms with Gasteiger partial charge in [-0.05, 0) is 51.3 Å². The number of pyridine rings is 1. The number of aromatic nitrogens is 1. The van der Waals surface area contributed by atoms with Crippen LogP contribution in [0.2, 0.25) is 0 Å². The summed E-state index contributed by atoms with van der Waals surface area (Å²) >= 11 is 0. The third-order valence-corrected chi connectivity index (χ3v) is 6.52. The number of nitrogens with one attached hydrogen (secondary N) is 2. The van der Waals surface area contributed by atoms with Crippen LogP contribution < -0.4 is 21.3 Å². The first-order valence-corrected chi connectivity index (χ1v) is 11.5. The van der Waals surface area contributed by atoms with Crippen LogP contribution in [0, 0.1) is 6.92 Å². The average molecular weight is 426 g/mol. The van der Waals surface area contributed by atoms with Crippen molar-refractivity contribution >= 4 is 22.6 Å². The molecule has 1 aromatic heterocycles. The smallest absolute Gasteiger partial charge is 0.256 e. The number of hydrogen-bond acceptors (Lipinski definition) is 6. The normalized spacial score (nSPS) is 23.3. The highest BCUT2D eigenvalue weighted by Crippen LogP contribution is 2.29. The second-order valence-corrected chi connectivity index (χ2v) is 9.08. The predicted molar refractivity (Wildman–Crippen MR) is 124 cm³/mol. The average Bonchev–Trinajstić information content (AvgIpc) is 3.25. The lowest BCUT2D eigenvalue weighted by Crippen LogP contribution is -2.56. The topological polar surface area (TPSA) is 92.5 Å². The molecule has 168 valence electrons. The molecule has 2 aromatic rings. The zero-order chi connectivity index (χ0) is 22.0. The van der Waals surface area contributed by atoms with E-state index in [2.05, 4.69) is 27.7 Å². The van der Waals surface area contributed by atoms with E-state index < -0.39 is 6.17 Å². The molecule has 0 bridgehead atoms. The standard InChI is InChI=1S/C24H35N5O2/c1-15-8-9-20-17(12-15)13-19(24(30)26-16(2)25)23(28-20)29-11-10-21(22(14-29)31-3)27-18-6-4-5-7-18/h8-9,12-13,16,18,21-22,27H,4-7,10-11,14,25H2,1-3H3,(H,26,30). The number of methoxy groups -OCH3 is 1. The quantitative estimate of drug-likeness (QED) is 0.617. The predicted octanol–water partition coefficient (Wildman–Crippen LogP) is 2.70. The van der Waals surface area contributed by atoms with Crippen LogP contribution in [0.5, 0.6) is 0 Å². The summed E-state index contributed by atoms with van der Waals surface area (Å²) in [4.78, 5) is 20.1. The number of rotatable bonds is 6. The Labute approximate surface area is 184 Å². The van der Waals surface area contributed by atoms with Crippen molar-refractivity contribution in [1.82, 2.24) is 15.6 Å². The Morgan fingerprint density at radius 1 is 1.26 bits per heavy atom. The summed E-state index contributed by atoms with van der Waals surface area (Å²) in [6.07, 6.45) is 5.71. The van der Waals surface area contributed by atoms with Crippen LogP contribution in [-0.2, 0) is 4.74 Å². The fraction of sp³-hybridized carbons (Fsp3) is 0.583. The molecule has 4 rings (SSSR count). The Bertz CT molecular complexity index is 926. The molecule has 1 aromatic carbocycles. The van der Waals surface area contributed by atoms with Crippen LogP contribution in [0.15, 0.2) is 24.3 Å². The van der Waals surface area contributed by atoms with Gasteiger partial charge in [0.2, 0.25) is 0 Å². The number of anilines is 1. The van der Waals surface area contributed by atoms with Gasteiger partial charge < -0.3 is 26.0 Å². The number of ether oxygens (including phenoxy) is 1. The molecule has 3 atom stereocenters. The highest BCUT2D eigenvalue weighted by molar-refractivity contribution is 6.02. The lowest BCUT2D eigenvalue weighted by Gasteiger charge is -2.40. The van der Waals surface area contributed by atoms with Gasteiger partial charge in [-0.1, -0.05) is 24.5 Å². The van der Waals surface area contributed by atoms with E-state index in [9.17, 15) is 4.79 Å². The van der Waals surface area contributed by atoms with Gasteiger partial charge in [0.15, 0.2) is 0 Å². The number of fused-ring (bicyclic) bond motifs is 1. The molecule has 7 nitrogen and oxygen atoms in total. The van der Waals surface area contributed by atoms with E-state index in [1.54, 1.807) is 14.0 Å². The van der Waals surface area contributed by atoms with E-state index in [4.69, 9.17) is 15.5 Å². The molecule has 2 fully saturated rings. The Morgan fingerprint density at radius 2 is 2.03 bits per heavy atom. The van der Waals surface area contributed by atoms with Crippen molar-refractivity contribution in [3.8, 4) is 0 Å². The number of aryl methyl sites for hydroxylation is 1. The highest BCUT2D eigenvalue weighted by Gasteiger charge is 2.33. The van der Waals surface area contributed by atoms with Gasteiger partial charge in [0, 0.05) is 37.7 Å². The Hall–Kier alpha value is -2.22. The van der Waals surface area contributed by atoms with E-state index in [1.807, 2.05) is 19.1 Å². The summed E-state index contributed by atoms with van der Waals surface area (Å²) in [6, 6.07) is 9.00. The zero-order valence-electron chi connectivity index (χ0n) is 18.9. The molecular formula is C24H35N5O2. The van der Waals surface area contributed by atoms with Gasteiger partial charge in [-0.3, -0.25) is 4.79 Å². The monoisotopic (exact) mass is 425 g/mol. The van der Waals surface area contributed by atoms with Crippen molar-refractivity contribution in [2.75, 3.05) is 25.1 Å².